The van der Waals surface area contributed by atoms with Gasteiger partial charge in [0.2, 0.25) is 5.91 Å². The lowest BCUT2D eigenvalue weighted by atomic mass is 10.1. The summed E-state index contributed by atoms with van der Waals surface area (Å²) in [5, 5.41) is 2.88. The van der Waals surface area contributed by atoms with Crippen molar-refractivity contribution >= 4 is 29.3 Å². The highest BCUT2D eigenvalue weighted by atomic mass is 16.5. The number of hydrogen-bond acceptors (Lipinski definition) is 5. The second kappa shape index (κ2) is 9.00. The SMILES string of the molecule is COC(=O)c1ccc(N2CCOCC2)c(NC(=O)/C=C/c2ccccc2)c1. The van der Waals surface area contributed by atoms with E-state index in [1.807, 2.05) is 36.4 Å². The maximum Gasteiger partial charge on any atom is 0.337 e. The summed E-state index contributed by atoms with van der Waals surface area (Å²) in [7, 11) is 1.33. The maximum absolute atomic E-state index is 12.4. The van der Waals surface area contributed by atoms with Gasteiger partial charge in [0.25, 0.3) is 0 Å². The molecule has 0 atom stereocenters. The minimum absolute atomic E-state index is 0.268. The molecule has 1 fully saturated rings. The first-order valence-electron chi connectivity index (χ1n) is 8.76. The van der Waals surface area contributed by atoms with Crippen molar-refractivity contribution in [3.05, 3.63) is 65.7 Å². The molecule has 6 heteroatoms. The molecular weight excluding hydrogens is 344 g/mol. The quantitative estimate of drug-likeness (QED) is 0.651. The summed E-state index contributed by atoms with van der Waals surface area (Å²) < 4.78 is 10.2. The van der Waals surface area contributed by atoms with Crippen molar-refractivity contribution < 1.29 is 19.1 Å². The molecule has 0 aliphatic carbocycles. The molecule has 2 aromatic rings. The van der Waals surface area contributed by atoms with Crippen LogP contribution in [-0.2, 0) is 14.3 Å². The van der Waals surface area contributed by atoms with Crippen molar-refractivity contribution in [3.63, 3.8) is 0 Å². The normalized spacial score (nSPS) is 14.2. The van der Waals surface area contributed by atoms with E-state index in [1.165, 1.54) is 13.2 Å². The molecule has 0 saturated carbocycles. The molecule has 1 heterocycles. The van der Waals surface area contributed by atoms with Crippen LogP contribution in [0.2, 0.25) is 0 Å². The van der Waals surface area contributed by atoms with Gasteiger partial charge in [0.1, 0.15) is 0 Å². The number of ether oxygens (including phenoxy) is 2. The van der Waals surface area contributed by atoms with Crippen LogP contribution in [0.25, 0.3) is 6.08 Å². The Bertz CT molecular complexity index is 827. The smallest absolute Gasteiger partial charge is 0.337 e. The summed E-state index contributed by atoms with van der Waals surface area (Å²) >= 11 is 0. The van der Waals surface area contributed by atoms with Crippen molar-refractivity contribution in [2.45, 2.75) is 0 Å². The van der Waals surface area contributed by atoms with Crippen LogP contribution in [-0.4, -0.2) is 45.3 Å². The second-order valence-corrected chi connectivity index (χ2v) is 6.06. The lowest BCUT2D eigenvalue weighted by molar-refractivity contribution is -0.111. The zero-order valence-electron chi connectivity index (χ0n) is 15.2. The average molecular weight is 366 g/mol. The highest BCUT2D eigenvalue weighted by Crippen LogP contribution is 2.28. The summed E-state index contributed by atoms with van der Waals surface area (Å²) in [5.41, 5.74) is 2.75. The fourth-order valence-corrected chi connectivity index (χ4v) is 2.87. The van der Waals surface area contributed by atoms with Crippen LogP contribution in [0, 0.1) is 0 Å². The first-order valence-corrected chi connectivity index (χ1v) is 8.76. The number of amides is 1. The molecule has 6 nitrogen and oxygen atoms in total. The molecule has 1 aliphatic heterocycles. The van der Waals surface area contributed by atoms with Gasteiger partial charge in [-0.05, 0) is 29.8 Å². The van der Waals surface area contributed by atoms with Crippen molar-refractivity contribution in [2.24, 2.45) is 0 Å². The lowest BCUT2D eigenvalue weighted by Gasteiger charge is -2.30. The monoisotopic (exact) mass is 366 g/mol. The standard InChI is InChI=1S/C21H22N2O4/c1-26-21(25)17-8-9-19(23-11-13-27-14-12-23)18(15-17)22-20(24)10-7-16-5-3-2-4-6-16/h2-10,15H,11-14H2,1H3,(H,22,24)/b10-7+. The van der Waals surface area contributed by atoms with Crippen molar-refractivity contribution in [3.8, 4) is 0 Å². The summed E-state index contributed by atoms with van der Waals surface area (Å²) in [6.45, 7) is 2.70. The third-order valence-electron chi connectivity index (χ3n) is 4.25. The molecule has 140 valence electrons. The van der Waals surface area contributed by atoms with Crippen LogP contribution in [0.5, 0.6) is 0 Å². The van der Waals surface area contributed by atoms with Crippen molar-refractivity contribution in [1.82, 2.24) is 0 Å². The Hall–Kier alpha value is -3.12. The number of methoxy groups -OCH3 is 1. The molecule has 0 radical (unpaired) electrons. The Morgan fingerprint density at radius 1 is 1.11 bits per heavy atom. The van der Waals surface area contributed by atoms with E-state index >= 15 is 0 Å². The Labute approximate surface area is 158 Å². The van der Waals surface area contributed by atoms with Gasteiger partial charge in [0, 0.05) is 19.2 Å². The van der Waals surface area contributed by atoms with E-state index in [1.54, 1.807) is 18.2 Å². The molecule has 0 bridgehead atoms. The van der Waals surface area contributed by atoms with Crippen LogP contribution in [0.4, 0.5) is 11.4 Å². The number of carbonyl (C=O) groups excluding carboxylic acids is 2. The van der Waals surface area contributed by atoms with E-state index in [-0.39, 0.29) is 5.91 Å². The van der Waals surface area contributed by atoms with E-state index in [9.17, 15) is 9.59 Å². The highest BCUT2D eigenvalue weighted by Gasteiger charge is 2.18. The zero-order chi connectivity index (χ0) is 19.1. The maximum atomic E-state index is 12.4. The van der Waals surface area contributed by atoms with Crippen LogP contribution in [0.15, 0.2) is 54.6 Å². The number of rotatable bonds is 5. The van der Waals surface area contributed by atoms with Crippen LogP contribution in [0.1, 0.15) is 15.9 Å². The summed E-state index contributed by atoms with van der Waals surface area (Å²) in [4.78, 5) is 26.4. The fourth-order valence-electron chi connectivity index (χ4n) is 2.87. The molecule has 27 heavy (non-hydrogen) atoms. The molecule has 0 unspecified atom stereocenters. The number of nitrogens with zero attached hydrogens (tertiary/aromatic N) is 1. The van der Waals surface area contributed by atoms with Crippen LogP contribution < -0.4 is 10.2 Å². The molecule has 2 aromatic carbocycles. The van der Waals surface area contributed by atoms with Gasteiger partial charge in [-0.2, -0.15) is 0 Å². The Balaban J connectivity index is 1.82. The van der Waals surface area contributed by atoms with Gasteiger partial charge in [-0.25, -0.2) is 4.79 Å². The van der Waals surface area contributed by atoms with Crippen LogP contribution >= 0.6 is 0 Å². The van der Waals surface area contributed by atoms with E-state index in [0.717, 1.165) is 24.3 Å². The minimum Gasteiger partial charge on any atom is -0.465 e. The zero-order valence-corrected chi connectivity index (χ0v) is 15.2. The van der Waals surface area contributed by atoms with Gasteiger partial charge in [-0.15, -0.1) is 0 Å². The highest BCUT2D eigenvalue weighted by molar-refractivity contribution is 6.05. The number of hydrogen-bond donors (Lipinski definition) is 1. The Kier molecular flexibility index (Phi) is 6.22. The Morgan fingerprint density at radius 2 is 1.85 bits per heavy atom. The van der Waals surface area contributed by atoms with E-state index in [0.29, 0.717) is 24.5 Å². The van der Waals surface area contributed by atoms with E-state index < -0.39 is 5.97 Å². The molecular formula is C21H22N2O4. The topological polar surface area (TPSA) is 67.9 Å². The number of esters is 1. The fraction of sp³-hybridized carbons (Fsp3) is 0.238. The van der Waals surface area contributed by atoms with Gasteiger partial charge in [-0.3, -0.25) is 4.79 Å². The number of benzene rings is 2. The Morgan fingerprint density at radius 3 is 2.56 bits per heavy atom. The van der Waals surface area contributed by atoms with Crippen LogP contribution in [0.3, 0.4) is 0 Å². The molecule has 1 aliphatic rings. The van der Waals surface area contributed by atoms with Gasteiger partial charge in [0.15, 0.2) is 0 Å². The molecule has 0 spiro atoms. The third kappa shape index (κ3) is 4.95. The molecule has 1 amide bonds. The first kappa shape index (κ1) is 18.7. The van der Waals surface area contributed by atoms with Crippen molar-refractivity contribution in [1.29, 1.82) is 0 Å². The lowest BCUT2D eigenvalue weighted by Crippen LogP contribution is -2.36. The first-order chi connectivity index (χ1) is 13.2. The summed E-state index contributed by atoms with van der Waals surface area (Å²) in [5.74, 6) is -0.714. The second-order valence-electron chi connectivity index (χ2n) is 6.06. The molecule has 1 N–H and O–H groups in total. The molecule has 3 rings (SSSR count). The van der Waals surface area contributed by atoms with E-state index in [4.69, 9.17) is 9.47 Å². The minimum atomic E-state index is -0.446. The van der Waals surface area contributed by atoms with Gasteiger partial charge < -0.3 is 19.7 Å². The summed E-state index contributed by atoms with van der Waals surface area (Å²) in [6.07, 6.45) is 3.22. The number of anilines is 2. The number of nitrogens with one attached hydrogen (secondary N) is 1. The van der Waals surface area contributed by atoms with E-state index in [2.05, 4.69) is 10.2 Å². The third-order valence-corrected chi connectivity index (χ3v) is 4.25. The number of morpholine rings is 1. The van der Waals surface area contributed by atoms with Crippen molar-refractivity contribution in [2.75, 3.05) is 43.6 Å². The number of carbonyl (C=O) groups is 2. The average Bonchev–Trinajstić information content (AvgIpc) is 2.73. The summed E-state index contributed by atoms with van der Waals surface area (Å²) in [6, 6.07) is 14.7. The largest absolute Gasteiger partial charge is 0.465 e. The molecule has 1 saturated heterocycles. The van der Waals surface area contributed by atoms with Gasteiger partial charge in [-0.1, -0.05) is 30.3 Å². The molecule has 0 aromatic heterocycles. The van der Waals surface area contributed by atoms with Gasteiger partial charge >= 0.3 is 5.97 Å². The predicted molar refractivity (Wildman–Crippen MR) is 105 cm³/mol. The predicted octanol–water partition coefficient (Wildman–Crippen LogP) is 2.96. The van der Waals surface area contributed by atoms with Gasteiger partial charge in [0.05, 0.1) is 37.3 Å².